The van der Waals surface area contributed by atoms with E-state index < -0.39 is 17.6 Å². The summed E-state index contributed by atoms with van der Waals surface area (Å²) < 4.78 is 0. The quantitative estimate of drug-likeness (QED) is 0.491. The number of nitrogens with zero attached hydrogens (tertiary/aromatic N) is 3. The minimum Gasteiger partial charge on any atom is -0.398 e. The van der Waals surface area contributed by atoms with E-state index in [1.54, 1.807) is 0 Å². The third-order valence-corrected chi connectivity index (χ3v) is 1.28. The molecule has 82 valence electrons. The van der Waals surface area contributed by atoms with E-state index in [4.69, 9.17) is 5.26 Å². The summed E-state index contributed by atoms with van der Waals surface area (Å²) in [4.78, 5) is 31.0. The molecule has 0 bridgehead atoms. The Balaban J connectivity index is 4.44. The van der Waals surface area contributed by atoms with Gasteiger partial charge in [-0.05, 0) is 0 Å². The van der Waals surface area contributed by atoms with Crippen LogP contribution in [0.4, 0.5) is 4.79 Å². The summed E-state index contributed by atoms with van der Waals surface area (Å²) in [5.41, 5.74) is -0.560. The molecule has 0 saturated carbocycles. The normalized spacial score (nSPS) is 10.1. The van der Waals surface area contributed by atoms with Crippen molar-refractivity contribution in [3.63, 3.8) is 0 Å². The molecule has 8 nitrogen and oxygen atoms in total. The number of oxime groups is 1. The summed E-state index contributed by atoms with van der Waals surface area (Å²) >= 11 is 0. The standard InChI is InChI=1S/C7H10N4O4/c1-11(15-3)7(13)9-6(12)5(4-8)10-14-2/h1-3H3,(H,9,12,13). The molecular weight excluding hydrogens is 204 g/mol. The minimum atomic E-state index is -0.965. The number of nitriles is 1. The topological polar surface area (TPSA) is 104 Å². The summed E-state index contributed by atoms with van der Waals surface area (Å²) in [6.07, 6.45) is 0. The SMILES string of the molecule is CON=C(C#N)C(=O)NC(=O)N(C)OC. The second-order valence-corrected chi connectivity index (χ2v) is 2.17. The van der Waals surface area contributed by atoms with Gasteiger partial charge in [-0.3, -0.25) is 14.9 Å². The molecule has 0 aliphatic heterocycles. The van der Waals surface area contributed by atoms with Gasteiger partial charge in [0.1, 0.15) is 13.2 Å². The van der Waals surface area contributed by atoms with Gasteiger partial charge in [0.05, 0.1) is 7.11 Å². The number of carbonyl (C=O) groups is 2. The molecule has 0 fully saturated rings. The van der Waals surface area contributed by atoms with Gasteiger partial charge >= 0.3 is 6.03 Å². The summed E-state index contributed by atoms with van der Waals surface area (Å²) in [6, 6.07) is 0.648. The van der Waals surface area contributed by atoms with Gasteiger partial charge in [-0.1, -0.05) is 5.16 Å². The highest BCUT2D eigenvalue weighted by atomic mass is 16.7. The highest BCUT2D eigenvalue weighted by Gasteiger charge is 2.17. The average molecular weight is 214 g/mol. The zero-order chi connectivity index (χ0) is 11.8. The maximum atomic E-state index is 11.1. The second-order valence-electron chi connectivity index (χ2n) is 2.17. The lowest BCUT2D eigenvalue weighted by Crippen LogP contribution is -2.42. The van der Waals surface area contributed by atoms with E-state index in [-0.39, 0.29) is 0 Å². The molecule has 0 heterocycles. The van der Waals surface area contributed by atoms with Gasteiger partial charge in [0.25, 0.3) is 5.91 Å². The molecule has 0 aromatic carbocycles. The highest BCUT2D eigenvalue weighted by Crippen LogP contribution is 1.85. The van der Waals surface area contributed by atoms with E-state index in [1.807, 2.05) is 5.32 Å². The second kappa shape index (κ2) is 6.33. The van der Waals surface area contributed by atoms with Crippen LogP contribution in [0.5, 0.6) is 0 Å². The van der Waals surface area contributed by atoms with E-state index in [2.05, 4.69) is 14.8 Å². The Morgan fingerprint density at radius 3 is 2.47 bits per heavy atom. The molecule has 0 saturated heterocycles. The molecule has 0 unspecified atom stereocenters. The van der Waals surface area contributed by atoms with Crippen molar-refractivity contribution in [2.24, 2.45) is 5.16 Å². The van der Waals surface area contributed by atoms with Crippen LogP contribution in [0.25, 0.3) is 0 Å². The molecule has 0 aliphatic rings. The van der Waals surface area contributed by atoms with Crippen molar-refractivity contribution in [1.82, 2.24) is 10.4 Å². The Labute approximate surface area is 86.0 Å². The van der Waals surface area contributed by atoms with Gasteiger partial charge in [-0.25, -0.2) is 9.86 Å². The lowest BCUT2D eigenvalue weighted by Gasteiger charge is -2.12. The largest absolute Gasteiger partial charge is 0.398 e. The predicted octanol–water partition coefficient (Wildman–Crippen LogP) is -0.758. The maximum absolute atomic E-state index is 11.1. The Morgan fingerprint density at radius 2 is 2.07 bits per heavy atom. The van der Waals surface area contributed by atoms with E-state index >= 15 is 0 Å². The first-order valence-corrected chi connectivity index (χ1v) is 3.71. The van der Waals surface area contributed by atoms with Crippen LogP contribution in [0.2, 0.25) is 0 Å². The number of nitrogens with one attached hydrogen (secondary N) is 1. The fraction of sp³-hybridized carbons (Fsp3) is 0.429. The summed E-state index contributed by atoms with van der Waals surface area (Å²) in [5, 5.41) is 14.2. The van der Waals surface area contributed by atoms with Gasteiger partial charge in [0.2, 0.25) is 5.71 Å². The van der Waals surface area contributed by atoms with Crippen LogP contribution >= 0.6 is 0 Å². The van der Waals surface area contributed by atoms with Gasteiger partial charge in [-0.2, -0.15) is 5.26 Å². The van der Waals surface area contributed by atoms with Crippen LogP contribution in [-0.4, -0.2) is 44.0 Å². The van der Waals surface area contributed by atoms with Gasteiger partial charge in [0.15, 0.2) is 0 Å². The van der Waals surface area contributed by atoms with Crippen LogP contribution < -0.4 is 5.32 Å². The number of imide groups is 1. The minimum absolute atomic E-state index is 0.560. The number of hydrogen-bond donors (Lipinski definition) is 1. The zero-order valence-corrected chi connectivity index (χ0v) is 8.47. The van der Waals surface area contributed by atoms with Crippen LogP contribution in [0.15, 0.2) is 5.16 Å². The molecule has 0 aromatic heterocycles. The van der Waals surface area contributed by atoms with E-state index in [9.17, 15) is 9.59 Å². The Bertz CT molecular complexity index is 319. The molecule has 0 radical (unpaired) electrons. The van der Waals surface area contributed by atoms with Crippen molar-refractivity contribution in [1.29, 1.82) is 5.26 Å². The maximum Gasteiger partial charge on any atom is 0.348 e. The number of rotatable bonds is 3. The zero-order valence-electron chi connectivity index (χ0n) is 8.47. The number of carbonyl (C=O) groups excluding carboxylic acids is 2. The van der Waals surface area contributed by atoms with E-state index in [0.29, 0.717) is 0 Å². The molecule has 3 amide bonds. The predicted molar refractivity (Wildman–Crippen MR) is 48.4 cm³/mol. The highest BCUT2D eigenvalue weighted by molar-refractivity contribution is 6.46. The molecule has 0 atom stereocenters. The molecule has 8 heteroatoms. The van der Waals surface area contributed by atoms with Gasteiger partial charge in [-0.15, -0.1) is 0 Å². The first-order chi connectivity index (χ1) is 7.06. The first-order valence-electron chi connectivity index (χ1n) is 3.71. The molecule has 1 N–H and O–H groups in total. The third-order valence-electron chi connectivity index (χ3n) is 1.28. The lowest BCUT2D eigenvalue weighted by molar-refractivity contribution is -0.115. The lowest BCUT2D eigenvalue weighted by atomic mass is 10.4. The number of hydrogen-bond acceptors (Lipinski definition) is 6. The number of hydroxylamine groups is 2. The van der Waals surface area contributed by atoms with Crippen molar-refractivity contribution in [3.8, 4) is 6.07 Å². The molecule has 0 spiro atoms. The van der Waals surface area contributed by atoms with E-state index in [1.165, 1.54) is 27.3 Å². The van der Waals surface area contributed by atoms with Crippen LogP contribution in [0.1, 0.15) is 0 Å². The van der Waals surface area contributed by atoms with Crippen LogP contribution in [0, 0.1) is 11.3 Å². The Hall–Kier alpha value is -2.14. The third kappa shape index (κ3) is 4.06. The van der Waals surface area contributed by atoms with Crippen molar-refractivity contribution in [3.05, 3.63) is 0 Å². The van der Waals surface area contributed by atoms with Gasteiger partial charge in [0, 0.05) is 7.05 Å². The van der Waals surface area contributed by atoms with Crippen molar-refractivity contribution in [2.45, 2.75) is 0 Å². The molecule has 0 aliphatic carbocycles. The fourth-order valence-electron chi connectivity index (χ4n) is 0.522. The number of amides is 3. The average Bonchev–Trinajstić information content (AvgIpc) is 2.24. The molecule has 15 heavy (non-hydrogen) atoms. The molecule has 0 aromatic rings. The summed E-state index contributed by atoms with van der Waals surface area (Å²) in [7, 11) is 3.72. The Kier molecular flexibility index (Phi) is 5.43. The fourth-order valence-corrected chi connectivity index (χ4v) is 0.522. The van der Waals surface area contributed by atoms with Crippen molar-refractivity contribution >= 4 is 17.6 Å². The molecular formula is C7H10N4O4. The van der Waals surface area contributed by atoms with Crippen molar-refractivity contribution in [2.75, 3.05) is 21.3 Å². The van der Waals surface area contributed by atoms with Gasteiger partial charge < -0.3 is 4.84 Å². The Morgan fingerprint density at radius 1 is 1.47 bits per heavy atom. The smallest absolute Gasteiger partial charge is 0.348 e. The summed E-state index contributed by atoms with van der Waals surface area (Å²) in [5.74, 6) is -0.965. The first kappa shape index (κ1) is 12.9. The van der Waals surface area contributed by atoms with Crippen LogP contribution in [0.3, 0.4) is 0 Å². The van der Waals surface area contributed by atoms with E-state index in [0.717, 1.165) is 5.06 Å². The van der Waals surface area contributed by atoms with Crippen molar-refractivity contribution < 1.29 is 19.3 Å². The molecule has 0 rings (SSSR count). The number of urea groups is 1. The van der Waals surface area contributed by atoms with Crippen LogP contribution in [-0.2, 0) is 14.5 Å². The summed E-state index contributed by atoms with van der Waals surface area (Å²) in [6.45, 7) is 0. The monoisotopic (exact) mass is 214 g/mol.